The molecule has 0 saturated carbocycles. The molecule has 0 aliphatic carbocycles. The van der Waals surface area contributed by atoms with Gasteiger partial charge >= 0.3 is 7.12 Å². The first-order chi connectivity index (χ1) is 8.64. The molecule has 0 radical (unpaired) electrons. The zero-order valence-corrected chi connectivity index (χ0v) is 11.7. The van der Waals surface area contributed by atoms with Crippen LogP contribution in [-0.4, -0.2) is 28.5 Å². The van der Waals surface area contributed by atoms with Crippen LogP contribution in [0.4, 0.5) is 0 Å². The highest BCUT2D eigenvalue weighted by Crippen LogP contribution is 2.41. The van der Waals surface area contributed by atoms with E-state index in [2.05, 4.69) is 0 Å². The molecule has 5 nitrogen and oxygen atoms in total. The number of hydrogen-bond acceptors (Lipinski definition) is 5. The van der Waals surface area contributed by atoms with E-state index in [1.165, 1.54) is 18.2 Å². The number of benzene rings is 1. The fourth-order valence-electron chi connectivity index (χ4n) is 1.99. The lowest BCUT2D eigenvalue weighted by Gasteiger charge is -2.32. The van der Waals surface area contributed by atoms with Gasteiger partial charge < -0.3 is 25.3 Å². The normalized spacial score (nSPS) is 22.5. The van der Waals surface area contributed by atoms with E-state index in [9.17, 15) is 10.2 Å². The summed E-state index contributed by atoms with van der Waals surface area (Å²) in [7, 11) is -0.669. The van der Waals surface area contributed by atoms with E-state index in [1.54, 1.807) is 0 Å². The van der Waals surface area contributed by atoms with Gasteiger partial charge in [0.1, 0.15) is 11.5 Å². The molecule has 1 aromatic carbocycles. The Bertz CT molecular complexity index is 474. The average Bonchev–Trinajstić information content (AvgIpc) is 2.51. The molecule has 0 unspecified atom stereocenters. The van der Waals surface area contributed by atoms with Crippen LogP contribution in [0.2, 0.25) is 0 Å². The van der Waals surface area contributed by atoms with Crippen molar-refractivity contribution in [3.8, 4) is 11.5 Å². The van der Waals surface area contributed by atoms with Gasteiger partial charge in [-0.2, -0.15) is 0 Å². The van der Waals surface area contributed by atoms with Crippen molar-refractivity contribution in [3.63, 3.8) is 0 Å². The molecule has 6 heteroatoms. The van der Waals surface area contributed by atoms with Gasteiger partial charge in [0.25, 0.3) is 0 Å². The van der Waals surface area contributed by atoms with E-state index in [4.69, 9.17) is 15.0 Å². The van der Waals surface area contributed by atoms with Crippen molar-refractivity contribution in [1.29, 1.82) is 0 Å². The van der Waals surface area contributed by atoms with Gasteiger partial charge in [-0.25, -0.2) is 0 Å². The quantitative estimate of drug-likeness (QED) is 0.560. The summed E-state index contributed by atoms with van der Waals surface area (Å²) in [4.78, 5) is 0. The van der Waals surface area contributed by atoms with Crippen molar-refractivity contribution >= 4 is 7.12 Å². The van der Waals surface area contributed by atoms with Crippen LogP contribution in [0.1, 0.15) is 39.2 Å². The maximum atomic E-state index is 9.82. The fourth-order valence-corrected chi connectivity index (χ4v) is 1.99. The van der Waals surface area contributed by atoms with Crippen LogP contribution < -0.4 is 5.73 Å². The Balaban J connectivity index is 2.27. The number of aromatic hydroxyl groups is 2. The molecule has 1 atom stereocenters. The summed E-state index contributed by atoms with van der Waals surface area (Å²) in [5.41, 5.74) is 5.52. The second kappa shape index (κ2) is 4.40. The Morgan fingerprint density at radius 1 is 1.11 bits per heavy atom. The Labute approximate surface area is 113 Å². The van der Waals surface area contributed by atoms with Crippen molar-refractivity contribution in [2.75, 3.05) is 0 Å². The third kappa shape index (κ3) is 2.43. The molecular formula is C13H20BNO4. The van der Waals surface area contributed by atoms with E-state index in [0.29, 0.717) is 5.56 Å². The van der Waals surface area contributed by atoms with Crippen molar-refractivity contribution in [2.24, 2.45) is 5.73 Å². The molecule has 0 bridgehead atoms. The highest BCUT2D eigenvalue weighted by Gasteiger charge is 2.53. The van der Waals surface area contributed by atoms with Crippen molar-refractivity contribution < 1.29 is 19.5 Å². The molecule has 104 valence electrons. The number of hydrogen-bond donors (Lipinski definition) is 3. The molecule has 0 spiro atoms. The van der Waals surface area contributed by atoms with E-state index in [0.717, 1.165) is 0 Å². The molecule has 1 saturated heterocycles. The number of nitrogens with two attached hydrogens (primary N) is 1. The Morgan fingerprint density at radius 3 is 2.16 bits per heavy atom. The first kappa shape index (κ1) is 14.2. The predicted molar refractivity (Wildman–Crippen MR) is 72.8 cm³/mol. The van der Waals surface area contributed by atoms with Gasteiger partial charge in [-0.1, -0.05) is 0 Å². The fraction of sp³-hybridized carbons (Fsp3) is 0.538. The SMILES string of the molecule is CC1(C)OB([C@H](N)c2cc(O)ccc2O)OC1(C)C. The first-order valence-electron chi connectivity index (χ1n) is 6.27. The summed E-state index contributed by atoms with van der Waals surface area (Å²) < 4.78 is 11.7. The summed E-state index contributed by atoms with van der Waals surface area (Å²) >= 11 is 0. The number of rotatable bonds is 2. The van der Waals surface area contributed by atoms with Crippen LogP contribution in [0.5, 0.6) is 11.5 Å². The summed E-state index contributed by atoms with van der Waals surface area (Å²) in [5.74, 6) is -0.618. The highest BCUT2D eigenvalue weighted by atomic mass is 16.7. The highest BCUT2D eigenvalue weighted by molar-refractivity contribution is 6.47. The molecule has 1 fully saturated rings. The minimum absolute atomic E-state index is 0.0139. The van der Waals surface area contributed by atoms with Crippen LogP contribution in [0.25, 0.3) is 0 Å². The van der Waals surface area contributed by atoms with Crippen LogP contribution in [0.15, 0.2) is 18.2 Å². The monoisotopic (exact) mass is 265 g/mol. The Hall–Kier alpha value is -1.24. The zero-order chi connectivity index (χ0) is 14.4. The Morgan fingerprint density at radius 2 is 1.63 bits per heavy atom. The van der Waals surface area contributed by atoms with Crippen LogP contribution in [0.3, 0.4) is 0 Å². The maximum Gasteiger partial charge on any atom is 0.480 e. The summed E-state index contributed by atoms with van der Waals surface area (Å²) in [6.45, 7) is 7.73. The first-order valence-corrected chi connectivity index (χ1v) is 6.27. The van der Waals surface area contributed by atoms with E-state index in [1.807, 2.05) is 27.7 Å². The van der Waals surface area contributed by atoms with Crippen LogP contribution in [-0.2, 0) is 9.31 Å². The van der Waals surface area contributed by atoms with Crippen LogP contribution >= 0.6 is 0 Å². The summed E-state index contributed by atoms with van der Waals surface area (Å²) in [6, 6.07) is 4.22. The molecule has 1 aliphatic rings. The molecule has 19 heavy (non-hydrogen) atoms. The third-order valence-electron chi connectivity index (χ3n) is 3.93. The van der Waals surface area contributed by atoms with E-state index >= 15 is 0 Å². The zero-order valence-electron chi connectivity index (χ0n) is 11.7. The molecule has 1 aliphatic heterocycles. The molecule has 1 aromatic rings. The van der Waals surface area contributed by atoms with Gasteiger partial charge in [-0.15, -0.1) is 0 Å². The minimum atomic E-state index is -0.673. The van der Waals surface area contributed by atoms with Crippen LogP contribution in [0, 0.1) is 0 Å². The Kier molecular flexibility index (Phi) is 3.29. The summed E-state index contributed by atoms with van der Waals surface area (Å²) in [5, 5.41) is 19.3. The van der Waals surface area contributed by atoms with Gasteiger partial charge in [0.05, 0.1) is 17.1 Å². The average molecular weight is 265 g/mol. The van der Waals surface area contributed by atoms with Crippen molar-refractivity contribution in [1.82, 2.24) is 0 Å². The van der Waals surface area contributed by atoms with Gasteiger partial charge in [0, 0.05) is 5.56 Å². The second-order valence-electron chi connectivity index (χ2n) is 5.89. The minimum Gasteiger partial charge on any atom is -0.508 e. The standard InChI is InChI=1S/C13H20BNO4/c1-12(2)13(3,4)19-14(18-12)11(15)9-7-8(16)5-6-10(9)17/h5-7,11,16-17H,15H2,1-4H3/t11-/m1/s1. The number of phenolic OH excluding ortho intramolecular Hbond substituents is 2. The predicted octanol–water partition coefficient (Wildman–Crippen LogP) is 1.73. The summed E-state index contributed by atoms with van der Waals surface area (Å²) in [6.07, 6.45) is 0. The van der Waals surface area contributed by atoms with E-state index in [-0.39, 0.29) is 11.5 Å². The van der Waals surface area contributed by atoms with Crippen molar-refractivity contribution in [2.45, 2.75) is 44.8 Å². The number of phenols is 2. The van der Waals surface area contributed by atoms with Gasteiger partial charge in [0.2, 0.25) is 0 Å². The topological polar surface area (TPSA) is 84.9 Å². The van der Waals surface area contributed by atoms with Gasteiger partial charge in [0.15, 0.2) is 0 Å². The molecule has 0 amide bonds. The van der Waals surface area contributed by atoms with E-state index < -0.39 is 24.3 Å². The smallest absolute Gasteiger partial charge is 0.480 e. The molecule has 4 N–H and O–H groups in total. The van der Waals surface area contributed by atoms with Gasteiger partial charge in [-0.05, 0) is 45.9 Å². The molecular weight excluding hydrogens is 245 g/mol. The maximum absolute atomic E-state index is 9.82. The second-order valence-corrected chi connectivity index (χ2v) is 5.89. The lowest BCUT2D eigenvalue weighted by molar-refractivity contribution is 0.00578. The van der Waals surface area contributed by atoms with Gasteiger partial charge in [-0.3, -0.25) is 0 Å². The lowest BCUT2D eigenvalue weighted by Crippen LogP contribution is -2.41. The molecule has 0 aromatic heterocycles. The third-order valence-corrected chi connectivity index (χ3v) is 3.93. The van der Waals surface area contributed by atoms with Crippen molar-refractivity contribution in [3.05, 3.63) is 23.8 Å². The largest absolute Gasteiger partial charge is 0.508 e. The molecule has 1 heterocycles. The lowest BCUT2D eigenvalue weighted by atomic mass is 9.74. The molecule has 2 rings (SSSR count).